The molecule has 2 N–H and O–H groups in total. The second-order valence-corrected chi connectivity index (χ2v) is 6.13. The summed E-state index contributed by atoms with van der Waals surface area (Å²) in [6, 6.07) is 14.9. The molecule has 0 saturated carbocycles. The summed E-state index contributed by atoms with van der Waals surface area (Å²) in [5.41, 5.74) is 1.93. The van der Waals surface area contributed by atoms with Crippen LogP contribution in [0.3, 0.4) is 0 Å². The largest absolute Gasteiger partial charge is 0.454 e. The Kier molecular flexibility index (Phi) is 5.01. The third-order valence-corrected chi connectivity index (χ3v) is 4.15. The first-order chi connectivity index (χ1) is 13.7. The first-order valence-electron chi connectivity index (χ1n) is 8.70. The van der Waals surface area contributed by atoms with E-state index in [1.54, 1.807) is 36.4 Å². The molecule has 2 heterocycles. The predicted octanol–water partition coefficient (Wildman–Crippen LogP) is 3.06. The number of aromatic nitrogens is 2. The van der Waals surface area contributed by atoms with Crippen molar-refractivity contribution in [1.82, 2.24) is 15.5 Å². The minimum Gasteiger partial charge on any atom is -0.454 e. The molecule has 1 aliphatic heterocycles. The Balaban J connectivity index is 1.31. The monoisotopic (exact) mass is 380 g/mol. The Morgan fingerprint density at radius 3 is 2.61 bits per heavy atom. The lowest BCUT2D eigenvalue weighted by atomic mass is 10.1. The van der Waals surface area contributed by atoms with Gasteiger partial charge in [0.05, 0.1) is 0 Å². The highest BCUT2D eigenvalue weighted by molar-refractivity contribution is 5.92. The number of halogens is 1. The van der Waals surface area contributed by atoms with E-state index in [1.807, 2.05) is 6.07 Å². The van der Waals surface area contributed by atoms with E-state index in [-0.39, 0.29) is 24.2 Å². The van der Waals surface area contributed by atoms with Crippen molar-refractivity contribution in [2.24, 2.45) is 0 Å². The van der Waals surface area contributed by atoms with Crippen LogP contribution in [-0.4, -0.2) is 29.4 Å². The number of amides is 1. The number of fused-ring (bicyclic) bond motifs is 1. The van der Waals surface area contributed by atoms with Crippen LogP contribution in [0.2, 0.25) is 0 Å². The van der Waals surface area contributed by atoms with Crippen LogP contribution in [0.1, 0.15) is 16.1 Å². The maximum atomic E-state index is 12.9. The van der Waals surface area contributed by atoms with E-state index in [4.69, 9.17) is 9.47 Å². The predicted molar refractivity (Wildman–Crippen MR) is 100 cm³/mol. The molecule has 0 bridgehead atoms. The van der Waals surface area contributed by atoms with E-state index in [9.17, 15) is 9.18 Å². The zero-order chi connectivity index (χ0) is 19.3. The van der Waals surface area contributed by atoms with E-state index in [0.29, 0.717) is 30.3 Å². The number of nitrogens with one attached hydrogen (secondary N) is 2. The van der Waals surface area contributed by atoms with Crippen molar-refractivity contribution in [3.05, 3.63) is 71.7 Å². The van der Waals surface area contributed by atoms with Gasteiger partial charge in [0.2, 0.25) is 6.79 Å². The molecule has 0 radical (unpaired) electrons. The third-order valence-electron chi connectivity index (χ3n) is 4.15. The Bertz CT molecular complexity index is 978. The highest BCUT2D eigenvalue weighted by Gasteiger charge is 2.14. The number of nitrogens with zero attached hydrogens (tertiary/aromatic N) is 2. The fraction of sp³-hybridized carbons (Fsp3) is 0.150. The quantitative estimate of drug-likeness (QED) is 0.684. The van der Waals surface area contributed by atoms with Crippen molar-refractivity contribution in [1.29, 1.82) is 0 Å². The summed E-state index contributed by atoms with van der Waals surface area (Å²) < 4.78 is 23.5. The Morgan fingerprint density at radius 1 is 1.00 bits per heavy atom. The molecule has 3 aromatic rings. The molecule has 0 fully saturated rings. The van der Waals surface area contributed by atoms with E-state index in [1.165, 1.54) is 12.1 Å². The maximum absolute atomic E-state index is 12.9. The molecule has 1 amide bonds. The third kappa shape index (κ3) is 4.17. The average molecular weight is 380 g/mol. The molecular formula is C20H17FN4O3. The number of carbonyl (C=O) groups excluding carboxylic acids is 1. The number of rotatable bonds is 6. The molecule has 1 aromatic heterocycles. The van der Waals surface area contributed by atoms with Crippen LogP contribution < -0.4 is 20.1 Å². The van der Waals surface area contributed by atoms with Crippen molar-refractivity contribution in [2.75, 3.05) is 18.7 Å². The summed E-state index contributed by atoms with van der Waals surface area (Å²) in [5.74, 6) is 1.27. The van der Waals surface area contributed by atoms with Crippen LogP contribution in [0, 0.1) is 5.82 Å². The van der Waals surface area contributed by atoms with Crippen LogP contribution in [0.4, 0.5) is 15.9 Å². The highest BCUT2D eigenvalue weighted by atomic mass is 19.1. The molecule has 2 aromatic carbocycles. The summed E-state index contributed by atoms with van der Waals surface area (Å²) >= 11 is 0. The van der Waals surface area contributed by atoms with Gasteiger partial charge in [-0.05, 0) is 48.4 Å². The fourth-order valence-corrected chi connectivity index (χ4v) is 2.70. The van der Waals surface area contributed by atoms with E-state index < -0.39 is 0 Å². The Morgan fingerprint density at radius 2 is 1.82 bits per heavy atom. The minimum absolute atomic E-state index is 0.212. The summed E-state index contributed by atoms with van der Waals surface area (Å²) in [4.78, 5) is 12.2. The molecule has 7 nitrogen and oxygen atoms in total. The van der Waals surface area contributed by atoms with Gasteiger partial charge in [-0.2, -0.15) is 0 Å². The van der Waals surface area contributed by atoms with Crippen LogP contribution >= 0.6 is 0 Å². The first-order valence-corrected chi connectivity index (χ1v) is 8.70. The molecule has 0 spiro atoms. The summed E-state index contributed by atoms with van der Waals surface area (Å²) in [5, 5.41) is 13.9. The molecule has 1 aliphatic rings. The van der Waals surface area contributed by atoms with Gasteiger partial charge in [0.1, 0.15) is 5.82 Å². The van der Waals surface area contributed by atoms with Gasteiger partial charge >= 0.3 is 0 Å². The normalized spacial score (nSPS) is 11.9. The lowest BCUT2D eigenvalue weighted by Gasteiger charge is -2.07. The molecule has 8 heteroatoms. The van der Waals surface area contributed by atoms with Gasteiger partial charge in [-0.3, -0.25) is 4.79 Å². The fourth-order valence-electron chi connectivity index (χ4n) is 2.70. The number of ether oxygens (including phenoxy) is 2. The van der Waals surface area contributed by atoms with Crippen molar-refractivity contribution in [3.8, 4) is 11.5 Å². The lowest BCUT2D eigenvalue weighted by molar-refractivity contribution is 0.0948. The van der Waals surface area contributed by atoms with Crippen LogP contribution in [-0.2, 0) is 6.42 Å². The lowest BCUT2D eigenvalue weighted by Crippen LogP contribution is -2.26. The number of hydrogen-bond acceptors (Lipinski definition) is 6. The highest BCUT2D eigenvalue weighted by Crippen LogP contribution is 2.34. The smallest absolute Gasteiger partial charge is 0.271 e. The van der Waals surface area contributed by atoms with Gasteiger partial charge in [0, 0.05) is 18.3 Å². The molecule has 142 valence electrons. The molecule has 0 saturated heterocycles. The van der Waals surface area contributed by atoms with Gasteiger partial charge in [0.25, 0.3) is 5.91 Å². The Hall–Kier alpha value is -3.68. The van der Waals surface area contributed by atoms with Crippen molar-refractivity contribution >= 4 is 17.4 Å². The van der Waals surface area contributed by atoms with Crippen molar-refractivity contribution in [3.63, 3.8) is 0 Å². The maximum Gasteiger partial charge on any atom is 0.271 e. The second-order valence-electron chi connectivity index (χ2n) is 6.13. The number of benzene rings is 2. The Labute approximate surface area is 160 Å². The standard InChI is InChI=1S/C20H17FN4O3/c21-14-3-1-13(2-4-14)9-10-22-20(26)16-6-8-19(25-24-16)23-15-5-7-17-18(11-15)28-12-27-17/h1-8,11H,9-10,12H2,(H,22,26)(H,23,25). The minimum atomic E-state index is -0.316. The van der Waals surface area contributed by atoms with Gasteiger partial charge in [-0.25, -0.2) is 4.39 Å². The van der Waals surface area contributed by atoms with E-state index in [0.717, 1.165) is 11.3 Å². The van der Waals surface area contributed by atoms with Gasteiger partial charge < -0.3 is 20.1 Å². The van der Waals surface area contributed by atoms with Crippen LogP contribution in [0.5, 0.6) is 11.5 Å². The molecule has 0 aliphatic carbocycles. The zero-order valence-electron chi connectivity index (χ0n) is 14.8. The SMILES string of the molecule is O=C(NCCc1ccc(F)cc1)c1ccc(Nc2ccc3c(c2)OCO3)nn1. The summed E-state index contributed by atoms with van der Waals surface area (Å²) in [7, 11) is 0. The molecule has 0 unspecified atom stereocenters. The summed E-state index contributed by atoms with van der Waals surface area (Å²) in [6.07, 6.45) is 0.600. The summed E-state index contributed by atoms with van der Waals surface area (Å²) in [6.45, 7) is 0.632. The molecule has 4 rings (SSSR count). The van der Waals surface area contributed by atoms with Crippen molar-refractivity contribution in [2.45, 2.75) is 6.42 Å². The average Bonchev–Trinajstić information content (AvgIpc) is 3.18. The van der Waals surface area contributed by atoms with Crippen LogP contribution in [0.25, 0.3) is 0 Å². The first kappa shape index (κ1) is 17.7. The van der Waals surface area contributed by atoms with Gasteiger partial charge in [-0.15, -0.1) is 10.2 Å². The molecule has 28 heavy (non-hydrogen) atoms. The zero-order valence-corrected chi connectivity index (χ0v) is 14.8. The van der Waals surface area contributed by atoms with Crippen LogP contribution in [0.15, 0.2) is 54.6 Å². The number of anilines is 2. The van der Waals surface area contributed by atoms with E-state index in [2.05, 4.69) is 20.8 Å². The molecular weight excluding hydrogens is 363 g/mol. The van der Waals surface area contributed by atoms with Gasteiger partial charge in [-0.1, -0.05) is 12.1 Å². The second kappa shape index (κ2) is 7.91. The topological polar surface area (TPSA) is 85.4 Å². The van der Waals surface area contributed by atoms with Crippen molar-refractivity contribution < 1.29 is 18.7 Å². The number of hydrogen-bond donors (Lipinski definition) is 2. The molecule has 0 atom stereocenters. The number of carbonyl (C=O) groups is 1. The van der Waals surface area contributed by atoms with E-state index >= 15 is 0 Å². The van der Waals surface area contributed by atoms with Gasteiger partial charge in [0.15, 0.2) is 23.0 Å².